The van der Waals surface area contributed by atoms with Crippen LogP contribution in [0.5, 0.6) is 0 Å². The molecule has 2 aromatic heterocycles. The van der Waals surface area contributed by atoms with E-state index in [0.29, 0.717) is 11.5 Å². The summed E-state index contributed by atoms with van der Waals surface area (Å²) >= 11 is 5.91. The molecule has 0 atom stereocenters. The van der Waals surface area contributed by atoms with Crippen molar-refractivity contribution in [2.75, 3.05) is 17.8 Å². The number of rotatable bonds is 3. The summed E-state index contributed by atoms with van der Waals surface area (Å²) in [4.78, 5) is 17.5. The highest BCUT2D eigenvalue weighted by atomic mass is 35.5. The van der Waals surface area contributed by atoms with Gasteiger partial charge in [-0.25, -0.2) is 19.3 Å². The van der Waals surface area contributed by atoms with E-state index in [-0.39, 0.29) is 11.2 Å². The number of alkyl halides is 1. The number of hydrogen-bond acceptors (Lipinski definition) is 4. The number of aromatic amines is 1. The molecule has 0 saturated heterocycles. The predicted octanol–water partition coefficient (Wildman–Crippen LogP) is 0.871. The second-order valence-electron chi connectivity index (χ2n) is 4.51. The third-order valence-electron chi connectivity index (χ3n) is 2.87. The molecule has 1 N–H and O–H groups in total. The van der Waals surface area contributed by atoms with Crippen molar-refractivity contribution in [2.45, 2.75) is 19.4 Å². The molecule has 0 aliphatic rings. The molecule has 6 nitrogen and oxygen atoms in total. The van der Waals surface area contributed by atoms with Crippen LogP contribution in [0.3, 0.4) is 0 Å². The molecule has 7 heteroatoms. The van der Waals surface area contributed by atoms with Crippen molar-refractivity contribution in [2.24, 2.45) is 0 Å². The van der Waals surface area contributed by atoms with Crippen LogP contribution in [0.15, 0.2) is 17.2 Å². The van der Waals surface area contributed by atoms with E-state index < -0.39 is 0 Å². The molecule has 0 bridgehead atoms. The maximum atomic E-state index is 11.3. The maximum Gasteiger partial charge on any atom is 0.348 e. The van der Waals surface area contributed by atoms with Gasteiger partial charge in [-0.3, -0.25) is 0 Å². The van der Waals surface area contributed by atoms with Gasteiger partial charge in [-0.2, -0.15) is 5.10 Å². The maximum absolute atomic E-state index is 11.3. The smallest absolute Gasteiger partial charge is 0.348 e. The van der Waals surface area contributed by atoms with Gasteiger partial charge in [0.25, 0.3) is 0 Å². The number of nitrogens with one attached hydrogen (secondary N) is 1. The van der Waals surface area contributed by atoms with Crippen LogP contribution in [0.2, 0.25) is 0 Å². The number of halogens is 1. The van der Waals surface area contributed by atoms with E-state index in [2.05, 4.69) is 15.2 Å². The molecule has 92 valence electrons. The third kappa shape index (κ3) is 2.00. The third-order valence-corrected chi connectivity index (χ3v) is 3.53. The van der Waals surface area contributed by atoms with Crippen LogP contribution in [0.1, 0.15) is 13.8 Å². The van der Waals surface area contributed by atoms with Gasteiger partial charge in [0.1, 0.15) is 12.1 Å². The summed E-state index contributed by atoms with van der Waals surface area (Å²) in [6.07, 6.45) is 1.46. The van der Waals surface area contributed by atoms with Gasteiger partial charge in [0.15, 0.2) is 5.65 Å². The van der Waals surface area contributed by atoms with Gasteiger partial charge in [-0.05, 0) is 13.8 Å². The first-order valence-electron chi connectivity index (χ1n) is 5.18. The van der Waals surface area contributed by atoms with Crippen molar-refractivity contribution in [3.8, 4) is 0 Å². The molecule has 0 unspecified atom stereocenters. The normalized spacial score (nSPS) is 12.0. The molecule has 0 radical (unpaired) electrons. The van der Waals surface area contributed by atoms with Crippen LogP contribution in [-0.2, 0) is 0 Å². The second-order valence-corrected chi connectivity index (χ2v) is 4.78. The van der Waals surface area contributed by atoms with E-state index in [0.717, 1.165) is 5.82 Å². The Balaban J connectivity index is 2.46. The highest BCUT2D eigenvalue weighted by Crippen LogP contribution is 2.21. The Hall–Kier alpha value is -1.56. The molecule has 2 heterocycles. The molecule has 17 heavy (non-hydrogen) atoms. The molecular weight excluding hydrogens is 242 g/mol. The average molecular weight is 256 g/mol. The lowest BCUT2D eigenvalue weighted by molar-refractivity contribution is 0.540. The number of fused-ring (bicyclic) bond motifs is 1. The molecule has 0 amide bonds. The highest BCUT2D eigenvalue weighted by molar-refractivity contribution is 6.18. The van der Waals surface area contributed by atoms with Gasteiger partial charge in [0.2, 0.25) is 0 Å². The zero-order chi connectivity index (χ0) is 12.6. The van der Waals surface area contributed by atoms with E-state index in [1.807, 2.05) is 25.8 Å². The summed E-state index contributed by atoms with van der Waals surface area (Å²) < 4.78 is 1.35. The molecule has 2 aromatic rings. The van der Waals surface area contributed by atoms with Gasteiger partial charge in [-0.15, -0.1) is 11.6 Å². The summed E-state index contributed by atoms with van der Waals surface area (Å²) in [6.45, 7) is 4.03. The zero-order valence-corrected chi connectivity index (χ0v) is 10.7. The summed E-state index contributed by atoms with van der Waals surface area (Å²) in [6, 6.07) is 1.74. The van der Waals surface area contributed by atoms with Crippen LogP contribution in [0.4, 0.5) is 5.82 Å². The summed E-state index contributed by atoms with van der Waals surface area (Å²) in [7, 11) is 1.91. The van der Waals surface area contributed by atoms with Crippen LogP contribution in [0.25, 0.3) is 5.65 Å². The summed E-state index contributed by atoms with van der Waals surface area (Å²) in [5.74, 6) is 1.20. The first kappa shape index (κ1) is 11.9. The second kappa shape index (κ2) is 4.03. The fourth-order valence-corrected chi connectivity index (χ4v) is 1.56. The van der Waals surface area contributed by atoms with Crippen molar-refractivity contribution < 1.29 is 0 Å². The minimum Gasteiger partial charge on any atom is -0.353 e. The lowest BCUT2D eigenvalue weighted by Gasteiger charge is -2.34. The molecule has 0 spiro atoms. The minimum atomic E-state index is -0.293. The monoisotopic (exact) mass is 255 g/mol. The summed E-state index contributed by atoms with van der Waals surface area (Å²) in [5, 5.41) is 6.26. The number of nitrogens with zero attached hydrogens (tertiary/aromatic N) is 4. The molecular formula is C10H14ClN5O. The molecule has 0 fully saturated rings. The van der Waals surface area contributed by atoms with Gasteiger partial charge in [0.05, 0.1) is 0 Å². The molecule has 0 aliphatic heterocycles. The number of H-pyrrole nitrogens is 1. The van der Waals surface area contributed by atoms with Crippen molar-refractivity contribution in [3.05, 3.63) is 22.9 Å². The first-order chi connectivity index (χ1) is 7.95. The Bertz CT molecular complexity index is 588. The summed E-state index contributed by atoms with van der Waals surface area (Å²) in [5.41, 5.74) is 0.0271. The lowest BCUT2D eigenvalue weighted by atomic mass is 10.1. The van der Waals surface area contributed by atoms with E-state index >= 15 is 0 Å². The topological polar surface area (TPSA) is 66.3 Å². The Kier molecular flexibility index (Phi) is 2.82. The quantitative estimate of drug-likeness (QED) is 0.827. The van der Waals surface area contributed by atoms with Gasteiger partial charge < -0.3 is 4.90 Å². The predicted molar refractivity (Wildman–Crippen MR) is 66.8 cm³/mol. The SMILES string of the molecule is CN(c1cc2n[nH]c(=O)n2cn1)C(C)(C)CCl. The van der Waals surface area contributed by atoms with Gasteiger partial charge >= 0.3 is 5.69 Å². The fraction of sp³-hybridized carbons (Fsp3) is 0.500. The molecule has 0 aromatic carbocycles. The van der Waals surface area contributed by atoms with Crippen LogP contribution >= 0.6 is 11.6 Å². The van der Waals surface area contributed by atoms with Gasteiger partial charge in [0, 0.05) is 24.5 Å². The van der Waals surface area contributed by atoms with E-state index in [9.17, 15) is 4.79 Å². The number of hydrogen-bond donors (Lipinski definition) is 1. The van der Waals surface area contributed by atoms with Crippen LogP contribution in [-0.4, -0.2) is 38.0 Å². The Morgan fingerprint density at radius 1 is 1.59 bits per heavy atom. The van der Waals surface area contributed by atoms with Crippen molar-refractivity contribution >= 4 is 23.1 Å². The Labute approximate surface area is 103 Å². The minimum absolute atomic E-state index is 0.219. The first-order valence-corrected chi connectivity index (χ1v) is 5.72. The van der Waals surface area contributed by atoms with Crippen LogP contribution in [0, 0.1) is 0 Å². The average Bonchev–Trinajstić information content (AvgIpc) is 2.69. The lowest BCUT2D eigenvalue weighted by Crippen LogP contribution is -2.43. The standard InChI is InChI=1S/C10H14ClN5O/c1-10(2,5-11)15(3)7-4-8-13-14-9(17)16(8)6-12-7/h4,6H,5H2,1-3H3,(H,14,17). The van der Waals surface area contributed by atoms with Gasteiger partial charge in [-0.1, -0.05) is 0 Å². The van der Waals surface area contributed by atoms with Crippen molar-refractivity contribution in [1.82, 2.24) is 19.6 Å². The van der Waals surface area contributed by atoms with Crippen molar-refractivity contribution in [3.63, 3.8) is 0 Å². The fourth-order valence-electron chi connectivity index (χ4n) is 1.38. The van der Waals surface area contributed by atoms with E-state index in [1.54, 1.807) is 6.07 Å². The van der Waals surface area contributed by atoms with E-state index in [4.69, 9.17) is 11.6 Å². The molecule has 2 rings (SSSR count). The highest BCUT2D eigenvalue weighted by Gasteiger charge is 2.23. The zero-order valence-electron chi connectivity index (χ0n) is 9.94. The molecule has 0 saturated carbocycles. The Morgan fingerprint density at radius 2 is 2.29 bits per heavy atom. The van der Waals surface area contributed by atoms with E-state index in [1.165, 1.54) is 10.7 Å². The van der Waals surface area contributed by atoms with Crippen molar-refractivity contribution in [1.29, 1.82) is 0 Å². The largest absolute Gasteiger partial charge is 0.353 e. The number of anilines is 1. The molecule has 0 aliphatic carbocycles. The Morgan fingerprint density at radius 3 is 2.94 bits per heavy atom. The van der Waals surface area contributed by atoms with Crippen LogP contribution < -0.4 is 10.6 Å². The number of aromatic nitrogens is 4.